The third-order valence-corrected chi connectivity index (χ3v) is 6.41. The van der Waals surface area contributed by atoms with Gasteiger partial charge in [0.2, 0.25) is 0 Å². The molecular weight excluding hydrogens is 452 g/mol. The van der Waals surface area contributed by atoms with Crippen LogP contribution in [0.3, 0.4) is 0 Å². The number of aryl methyl sites for hydroxylation is 2. The lowest BCUT2D eigenvalue weighted by Gasteiger charge is -2.25. The maximum absolute atomic E-state index is 13.3. The molecule has 1 saturated heterocycles. The number of anilines is 1. The highest BCUT2D eigenvalue weighted by molar-refractivity contribution is 6.30. The SMILES string of the molecule is Cc1ccc(C(=O)N(C)C)cc1NC(=O)N1CCC[C@@H]1c1nnc(C)n1Cc1ccc(Cl)cc1. The molecule has 3 aromatic rings. The highest BCUT2D eigenvalue weighted by Crippen LogP contribution is 2.32. The van der Waals surface area contributed by atoms with E-state index in [1.165, 1.54) is 4.90 Å². The van der Waals surface area contributed by atoms with Gasteiger partial charge in [-0.25, -0.2) is 4.79 Å². The van der Waals surface area contributed by atoms with E-state index in [1.54, 1.807) is 26.2 Å². The fourth-order valence-electron chi connectivity index (χ4n) is 4.22. The molecule has 1 aromatic heterocycles. The number of nitrogens with zero attached hydrogens (tertiary/aromatic N) is 5. The molecule has 1 atom stereocenters. The average Bonchev–Trinajstić information content (AvgIpc) is 3.43. The van der Waals surface area contributed by atoms with Crippen LogP contribution in [-0.2, 0) is 6.54 Å². The Morgan fingerprint density at radius 2 is 1.85 bits per heavy atom. The molecule has 2 aromatic carbocycles. The second-order valence-corrected chi connectivity index (χ2v) is 9.27. The van der Waals surface area contributed by atoms with Crippen LogP contribution in [0.2, 0.25) is 5.02 Å². The number of amides is 3. The van der Waals surface area contributed by atoms with Gasteiger partial charge in [0.05, 0.1) is 12.6 Å². The summed E-state index contributed by atoms with van der Waals surface area (Å²) in [6.45, 7) is 5.05. The summed E-state index contributed by atoms with van der Waals surface area (Å²) in [7, 11) is 3.41. The Balaban J connectivity index is 1.56. The Labute approximate surface area is 204 Å². The summed E-state index contributed by atoms with van der Waals surface area (Å²) in [5.74, 6) is 1.46. The van der Waals surface area contributed by atoms with Crippen LogP contribution in [0.1, 0.15) is 52.0 Å². The Hall–Kier alpha value is -3.39. The molecule has 0 bridgehead atoms. The lowest BCUT2D eigenvalue weighted by atomic mass is 10.1. The Morgan fingerprint density at radius 1 is 1.12 bits per heavy atom. The molecule has 1 aliphatic heterocycles. The van der Waals surface area contributed by atoms with E-state index in [0.29, 0.717) is 29.4 Å². The predicted molar refractivity (Wildman–Crippen MR) is 132 cm³/mol. The summed E-state index contributed by atoms with van der Waals surface area (Å²) in [5.41, 5.74) is 3.13. The second-order valence-electron chi connectivity index (χ2n) is 8.83. The largest absolute Gasteiger partial charge is 0.345 e. The van der Waals surface area contributed by atoms with Gasteiger partial charge in [0.1, 0.15) is 5.82 Å². The van der Waals surface area contributed by atoms with Crippen molar-refractivity contribution in [1.29, 1.82) is 0 Å². The summed E-state index contributed by atoms with van der Waals surface area (Å²) in [4.78, 5) is 29.0. The third kappa shape index (κ3) is 4.92. The summed E-state index contributed by atoms with van der Waals surface area (Å²) < 4.78 is 2.06. The van der Waals surface area contributed by atoms with Crippen molar-refractivity contribution in [3.63, 3.8) is 0 Å². The van der Waals surface area contributed by atoms with Gasteiger partial charge in [-0.1, -0.05) is 29.8 Å². The number of hydrogen-bond acceptors (Lipinski definition) is 4. The van der Waals surface area contributed by atoms with Crippen LogP contribution >= 0.6 is 11.6 Å². The molecule has 0 saturated carbocycles. The molecule has 34 heavy (non-hydrogen) atoms. The molecule has 0 radical (unpaired) electrons. The molecule has 8 nitrogen and oxygen atoms in total. The van der Waals surface area contributed by atoms with Crippen molar-refractivity contribution in [1.82, 2.24) is 24.6 Å². The number of aromatic nitrogens is 3. The van der Waals surface area contributed by atoms with Crippen molar-refractivity contribution < 1.29 is 9.59 Å². The molecule has 178 valence electrons. The minimum atomic E-state index is -0.209. The van der Waals surface area contributed by atoms with Crippen molar-refractivity contribution >= 4 is 29.2 Å². The van der Waals surface area contributed by atoms with Gasteiger partial charge < -0.3 is 19.7 Å². The monoisotopic (exact) mass is 480 g/mol. The molecule has 2 heterocycles. The number of likely N-dealkylation sites (tertiary alicyclic amines) is 1. The van der Waals surface area contributed by atoms with Gasteiger partial charge in [0, 0.05) is 36.9 Å². The van der Waals surface area contributed by atoms with Crippen LogP contribution in [0.15, 0.2) is 42.5 Å². The van der Waals surface area contributed by atoms with Gasteiger partial charge in [-0.15, -0.1) is 10.2 Å². The summed E-state index contributed by atoms with van der Waals surface area (Å²) in [6.07, 6.45) is 1.69. The summed E-state index contributed by atoms with van der Waals surface area (Å²) >= 11 is 6.03. The number of halogens is 1. The molecule has 3 amide bonds. The first-order valence-corrected chi connectivity index (χ1v) is 11.7. The molecule has 9 heteroatoms. The van der Waals surface area contributed by atoms with E-state index in [9.17, 15) is 9.59 Å². The van der Waals surface area contributed by atoms with Crippen LogP contribution in [0.5, 0.6) is 0 Å². The number of benzene rings is 2. The van der Waals surface area contributed by atoms with Crippen molar-refractivity contribution in [2.45, 2.75) is 39.3 Å². The van der Waals surface area contributed by atoms with E-state index in [1.807, 2.05) is 49.1 Å². The lowest BCUT2D eigenvalue weighted by molar-refractivity contribution is 0.0827. The maximum Gasteiger partial charge on any atom is 0.322 e. The van der Waals surface area contributed by atoms with Crippen LogP contribution in [0, 0.1) is 13.8 Å². The van der Waals surface area contributed by atoms with Crippen molar-refractivity contribution in [2.75, 3.05) is 26.0 Å². The molecule has 0 unspecified atom stereocenters. The molecule has 4 rings (SSSR count). The second kappa shape index (κ2) is 9.85. The number of nitrogens with one attached hydrogen (secondary N) is 1. The molecule has 1 fully saturated rings. The van der Waals surface area contributed by atoms with Gasteiger partial charge in [-0.3, -0.25) is 4.79 Å². The van der Waals surface area contributed by atoms with E-state index in [4.69, 9.17) is 11.6 Å². The zero-order valence-electron chi connectivity index (χ0n) is 19.9. The summed E-state index contributed by atoms with van der Waals surface area (Å²) in [6, 6.07) is 12.7. The van der Waals surface area contributed by atoms with Crippen LogP contribution in [-0.4, -0.2) is 57.1 Å². The number of urea groups is 1. The number of rotatable bonds is 5. The topological polar surface area (TPSA) is 83.4 Å². The first kappa shape index (κ1) is 23.8. The number of carbonyl (C=O) groups excluding carboxylic acids is 2. The smallest absolute Gasteiger partial charge is 0.322 e. The highest BCUT2D eigenvalue weighted by atomic mass is 35.5. The normalized spacial score (nSPS) is 15.4. The van der Waals surface area contributed by atoms with Crippen LogP contribution in [0.25, 0.3) is 0 Å². The highest BCUT2D eigenvalue weighted by Gasteiger charge is 2.34. The molecule has 0 aliphatic carbocycles. The quantitative estimate of drug-likeness (QED) is 0.575. The van der Waals surface area contributed by atoms with Crippen molar-refractivity contribution in [3.8, 4) is 0 Å². The molecule has 1 N–H and O–H groups in total. The van der Waals surface area contributed by atoms with E-state index < -0.39 is 0 Å². The molecule has 1 aliphatic rings. The average molecular weight is 481 g/mol. The predicted octanol–water partition coefficient (Wildman–Crippen LogP) is 4.67. The zero-order valence-corrected chi connectivity index (χ0v) is 20.6. The van der Waals surface area contributed by atoms with Gasteiger partial charge in [0.15, 0.2) is 5.82 Å². The maximum atomic E-state index is 13.3. The van der Waals surface area contributed by atoms with E-state index >= 15 is 0 Å². The molecular formula is C25H29ClN6O2. The summed E-state index contributed by atoms with van der Waals surface area (Å²) in [5, 5.41) is 12.4. The van der Waals surface area contributed by atoms with E-state index in [2.05, 4.69) is 20.1 Å². The fraction of sp³-hybridized carbons (Fsp3) is 0.360. The lowest BCUT2D eigenvalue weighted by Crippen LogP contribution is -2.36. The Kier molecular flexibility index (Phi) is 6.88. The van der Waals surface area contributed by atoms with Crippen LogP contribution < -0.4 is 5.32 Å². The Morgan fingerprint density at radius 3 is 2.56 bits per heavy atom. The van der Waals surface area contributed by atoms with Crippen LogP contribution in [0.4, 0.5) is 10.5 Å². The standard InChI is InChI=1S/C25H29ClN6O2/c1-16-7-10-19(24(33)30(3)4)14-21(16)27-25(34)31-13-5-6-22(31)23-29-28-17(2)32(23)15-18-8-11-20(26)12-9-18/h7-12,14,22H,5-6,13,15H2,1-4H3,(H,27,34)/t22-/m1/s1. The number of carbonyl (C=O) groups is 2. The fourth-order valence-corrected chi connectivity index (χ4v) is 4.35. The van der Waals surface area contributed by atoms with Crippen molar-refractivity contribution in [3.05, 3.63) is 75.8 Å². The third-order valence-electron chi connectivity index (χ3n) is 6.16. The van der Waals surface area contributed by atoms with Gasteiger partial charge in [0.25, 0.3) is 5.91 Å². The van der Waals surface area contributed by atoms with E-state index in [0.717, 1.165) is 35.6 Å². The van der Waals surface area contributed by atoms with E-state index in [-0.39, 0.29) is 18.0 Å². The minimum absolute atomic E-state index is 0.111. The first-order chi connectivity index (χ1) is 16.2. The molecule has 0 spiro atoms. The Bertz CT molecular complexity index is 1200. The van der Waals surface area contributed by atoms with Gasteiger partial charge in [-0.2, -0.15) is 0 Å². The van der Waals surface area contributed by atoms with Gasteiger partial charge in [-0.05, 0) is 62.1 Å². The number of hydrogen-bond donors (Lipinski definition) is 1. The minimum Gasteiger partial charge on any atom is -0.345 e. The van der Waals surface area contributed by atoms with Gasteiger partial charge >= 0.3 is 6.03 Å². The van der Waals surface area contributed by atoms with Crippen molar-refractivity contribution in [2.24, 2.45) is 0 Å². The first-order valence-electron chi connectivity index (χ1n) is 11.3. The zero-order chi connectivity index (χ0) is 24.4.